The van der Waals surface area contributed by atoms with Gasteiger partial charge in [0.1, 0.15) is 6.33 Å². The molecule has 5 heterocycles. The number of nitrogens with two attached hydrogens (primary N) is 1. The van der Waals surface area contributed by atoms with Crippen molar-refractivity contribution >= 4 is 22.6 Å². The Bertz CT molecular complexity index is 1310. The minimum Gasteiger partial charge on any atom is -0.369 e. The summed E-state index contributed by atoms with van der Waals surface area (Å²) >= 11 is 0. The summed E-state index contributed by atoms with van der Waals surface area (Å²) in [6, 6.07) is 4.22. The van der Waals surface area contributed by atoms with Crippen molar-refractivity contribution in [2.24, 2.45) is 5.73 Å². The molecule has 1 saturated heterocycles. The molecule has 0 aliphatic carbocycles. The number of hydrogen-bond acceptors (Lipinski definition) is 5. The van der Waals surface area contributed by atoms with Crippen LogP contribution in [0.15, 0.2) is 24.7 Å². The number of aromatic amines is 1. The van der Waals surface area contributed by atoms with Crippen LogP contribution in [0.25, 0.3) is 27.9 Å². The first-order valence-corrected chi connectivity index (χ1v) is 10.7. The second-order valence-electron chi connectivity index (χ2n) is 8.88. The van der Waals surface area contributed by atoms with Crippen molar-refractivity contribution in [3.8, 4) is 11.3 Å². The van der Waals surface area contributed by atoms with E-state index in [0.717, 1.165) is 52.3 Å². The van der Waals surface area contributed by atoms with Gasteiger partial charge in [0.2, 0.25) is 5.91 Å². The molecule has 0 bridgehead atoms. The predicted octanol–water partition coefficient (Wildman–Crippen LogP) is 2.90. The first-order chi connectivity index (χ1) is 14.8. The molecule has 0 radical (unpaired) electrons. The number of amides is 1. The SMILES string of the molecule is Cc1c(-c2[nH]c3ccc(C4CN(CC(N)=O)C4)nc3c2C(C)C)cn2ncnc2c1C. The fourth-order valence-corrected chi connectivity index (χ4v) is 4.66. The highest BCUT2D eigenvalue weighted by Gasteiger charge is 2.30. The van der Waals surface area contributed by atoms with Crippen molar-refractivity contribution in [2.45, 2.75) is 39.5 Å². The number of H-pyrrole nitrogens is 1. The van der Waals surface area contributed by atoms with Crippen LogP contribution in [0.5, 0.6) is 0 Å². The Morgan fingerprint density at radius 3 is 2.74 bits per heavy atom. The van der Waals surface area contributed by atoms with E-state index in [0.29, 0.717) is 18.4 Å². The number of aryl methyl sites for hydroxylation is 1. The van der Waals surface area contributed by atoms with Crippen molar-refractivity contribution in [3.63, 3.8) is 0 Å². The molecule has 4 aromatic rings. The average Bonchev–Trinajstić information content (AvgIpc) is 3.30. The standard InChI is InChI=1S/C23H27N7O/c1-12(2)20-21(16-9-30-23(25-11-26-30)14(4)13(16)3)28-18-6-5-17(27-22(18)20)15-7-29(8-15)10-19(24)31/h5-6,9,11-12,15,28H,7-8,10H2,1-4H3,(H2,24,31). The van der Waals surface area contributed by atoms with E-state index in [2.05, 4.69) is 66.0 Å². The van der Waals surface area contributed by atoms with Crippen LogP contribution in [0, 0.1) is 13.8 Å². The van der Waals surface area contributed by atoms with Crippen LogP contribution < -0.4 is 5.73 Å². The van der Waals surface area contributed by atoms with E-state index in [9.17, 15) is 4.79 Å². The maximum atomic E-state index is 11.1. The molecule has 160 valence electrons. The number of nitrogens with one attached hydrogen (secondary N) is 1. The molecule has 8 heteroatoms. The maximum absolute atomic E-state index is 11.1. The first-order valence-electron chi connectivity index (χ1n) is 10.7. The highest BCUT2D eigenvalue weighted by Crippen LogP contribution is 2.38. The largest absolute Gasteiger partial charge is 0.369 e. The molecular weight excluding hydrogens is 390 g/mol. The van der Waals surface area contributed by atoms with Crippen LogP contribution in [0.1, 0.15) is 48.1 Å². The van der Waals surface area contributed by atoms with E-state index in [1.54, 1.807) is 6.33 Å². The van der Waals surface area contributed by atoms with Gasteiger partial charge in [-0.05, 0) is 43.0 Å². The van der Waals surface area contributed by atoms with Crippen molar-refractivity contribution in [2.75, 3.05) is 19.6 Å². The molecule has 4 aromatic heterocycles. The molecule has 0 unspecified atom stereocenters. The lowest BCUT2D eigenvalue weighted by molar-refractivity contribution is -0.120. The highest BCUT2D eigenvalue weighted by molar-refractivity contribution is 5.89. The Labute approximate surface area is 180 Å². The van der Waals surface area contributed by atoms with Crippen molar-refractivity contribution in [3.05, 3.63) is 47.0 Å². The Hall–Kier alpha value is -3.26. The second-order valence-corrected chi connectivity index (χ2v) is 8.88. The van der Waals surface area contributed by atoms with Crippen LogP contribution in [0.2, 0.25) is 0 Å². The summed E-state index contributed by atoms with van der Waals surface area (Å²) in [5, 5.41) is 4.36. The normalized spacial score (nSPS) is 15.3. The van der Waals surface area contributed by atoms with Crippen LogP contribution in [-0.2, 0) is 4.79 Å². The number of carbonyl (C=O) groups excluding carboxylic acids is 1. The van der Waals surface area contributed by atoms with Crippen LogP contribution in [-0.4, -0.2) is 55.0 Å². The third-order valence-corrected chi connectivity index (χ3v) is 6.43. The molecule has 3 N–H and O–H groups in total. The predicted molar refractivity (Wildman–Crippen MR) is 120 cm³/mol. The molecule has 1 fully saturated rings. The van der Waals surface area contributed by atoms with E-state index in [1.165, 1.54) is 11.1 Å². The molecule has 0 spiro atoms. The van der Waals surface area contributed by atoms with Crippen molar-refractivity contribution < 1.29 is 4.79 Å². The topological polar surface area (TPSA) is 105 Å². The summed E-state index contributed by atoms with van der Waals surface area (Å²) in [6.45, 7) is 10.6. The summed E-state index contributed by atoms with van der Waals surface area (Å²) in [5.74, 6) is 0.345. The van der Waals surface area contributed by atoms with E-state index in [4.69, 9.17) is 10.7 Å². The van der Waals surface area contributed by atoms with Crippen molar-refractivity contribution in [1.29, 1.82) is 0 Å². The maximum Gasteiger partial charge on any atom is 0.231 e. The van der Waals surface area contributed by atoms with Gasteiger partial charge < -0.3 is 10.7 Å². The lowest BCUT2D eigenvalue weighted by Crippen LogP contribution is -2.48. The quantitative estimate of drug-likeness (QED) is 0.519. The van der Waals surface area contributed by atoms with E-state index >= 15 is 0 Å². The minimum absolute atomic E-state index is 0.283. The monoisotopic (exact) mass is 417 g/mol. The lowest BCUT2D eigenvalue weighted by Gasteiger charge is -2.38. The molecule has 0 saturated carbocycles. The Kier molecular flexibility index (Phi) is 4.55. The highest BCUT2D eigenvalue weighted by atomic mass is 16.1. The van der Waals surface area contributed by atoms with Gasteiger partial charge in [-0.15, -0.1) is 0 Å². The van der Waals surface area contributed by atoms with E-state index < -0.39 is 0 Å². The van der Waals surface area contributed by atoms with Crippen LogP contribution >= 0.6 is 0 Å². The fourth-order valence-electron chi connectivity index (χ4n) is 4.66. The molecule has 1 aliphatic heterocycles. The number of likely N-dealkylation sites (tertiary alicyclic amines) is 1. The van der Waals surface area contributed by atoms with Gasteiger partial charge in [0, 0.05) is 42.0 Å². The lowest BCUT2D eigenvalue weighted by atomic mass is 9.93. The number of hydrogen-bond donors (Lipinski definition) is 2. The molecular formula is C23H27N7O. The smallest absolute Gasteiger partial charge is 0.231 e. The number of carbonyl (C=O) groups is 1. The molecule has 0 aromatic carbocycles. The number of aromatic nitrogens is 5. The Morgan fingerprint density at radius 1 is 1.26 bits per heavy atom. The van der Waals surface area contributed by atoms with Gasteiger partial charge >= 0.3 is 0 Å². The minimum atomic E-state index is -0.283. The second kappa shape index (κ2) is 7.16. The first kappa shape index (κ1) is 19.7. The zero-order valence-corrected chi connectivity index (χ0v) is 18.3. The summed E-state index contributed by atoms with van der Waals surface area (Å²) in [4.78, 5) is 26.3. The molecule has 8 nitrogen and oxygen atoms in total. The fraction of sp³-hybridized carbons (Fsp3) is 0.391. The van der Waals surface area contributed by atoms with Gasteiger partial charge in [-0.3, -0.25) is 14.7 Å². The molecule has 1 amide bonds. The van der Waals surface area contributed by atoms with Gasteiger partial charge in [0.15, 0.2) is 5.65 Å². The summed E-state index contributed by atoms with van der Waals surface area (Å²) < 4.78 is 1.84. The van der Waals surface area contributed by atoms with E-state index in [1.807, 2.05) is 4.52 Å². The summed E-state index contributed by atoms with van der Waals surface area (Å²) in [7, 11) is 0. The van der Waals surface area contributed by atoms with Gasteiger partial charge in [0.25, 0.3) is 0 Å². The average molecular weight is 418 g/mol. The van der Waals surface area contributed by atoms with Gasteiger partial charge in [-0.25, -0.2) is 9.50 Å². The molecule has 1 aliphatic rings. The Balaban J connectivity index is 1.60. The zero-order valence-electron chi connectivity index (χ0n) is 18.3. The Morgan fingerprint density at radius 2 is 2.03 bits per heavy atom. The molecule has 31 heavy (non-hydrogen) atoms. The summed E-state index contributed by atoms with van der Waals surface area (Å²) in [5.41, 5.74) is 15.1. The third kappa shape index (κ3) is 3.18. The number of primary amides is 1. The van der Waals surface area contributed by atoms with Crippen LogP contribution in [0.4, 0.5) is 0 Å². The number of rotatable bonds is 5. The van der Waals surface area contributed by atoms with Gasteiger partial charge in [-0.2, -0.15) is 5.10 Å². The number of nitrogens with zero attached hydrogens (tertiary/aromatic N) is 5. The van der Waals surface area contributed by atoms with E-state index in [-0.39, 0.29) is 5.91 Å². The number of pyridine rings is 2. The van der Waals surface area contributed by atoms with Crippen LogP contribution in [0.3, 0.4) is 0 Å². The van der Waals surface area contributed by atoms with Gasteiger partial charge in [0.05, 0.1) is 23.3 Å². The molecule has 5 rings (SSSR count). The third-order valence-electron chi connectivity index (χ3n) is 6.43. The van der Waals surface area contributed by atoms with Crippen molar-refractivity contribution in [1.82, 2.24) is 29.5 Å². The van der Waals surface area contributed by atoms with Gasteiger partial charge in [-0.1, -0.05) is 13.8 Å². The zero-order chi connectivity index (χ0) is 21.9. The molecule has 0 atom stereocenters. The number of fused-ring (bicyclic) bond motifs is 2. The summed E-state index contributed by atoms with van der Waals surface area (Å²) in [6.07, 6.45) is 3.64.